The summed E-state index contributed by atoms with van der Waals surface area (Å²) < 4.78 is 1.08. The minimum atomic E-state index is 0.634. The number of halogens is 1. The number of aryl methyl sites for hydroxylation is 1. The molecule has 4 nitrogen and oxygen atoms in total. The van der Waals surface area contributed by atoms with E-state index in [1.807, 2.05) is 30.3 Å². The molecule has 0 aliphatic heterocycles. The van der Waals surface area contributed by atoms with Crippen molar-refractivity contribution in [2.75, 3.05) is 10.7 Å². The third-order valence-electron chi connectivity index (χ3n) is 2.61. The van der Waals surface area contributed by atoms with E-state index in [0.29, 0.717) is 5.82 Å². The van der Waals surface area contributed by atoms with Crippen LogP contribution in [0.5, 0.6) is 0 Å². The molecule has 0 spiro atoms. The van der Waals surface area contributed by atoms with Crippen molar-refractivity contribution in [3.8, 4) is 0 Å². The number of nitrogens with zero attached hydrogens (tertiary/aromatic N) is 1. The van der Waals surface area contributed by atoms with Gasteiger partial charge in [-0.15, -0.1) is 0 Å². The zero-order valence-electron chi connectivity index (χ0n) is 10.1. The van der Waals surface area contributed by atoms with Crippen LogP contribution in [0, 0.1) is 0 Å². The third kappa shape index (κ3) is 3.00. The number of pyridine rings is 1. The average molecular weight is 307 g/mol. The summed E-state index contributed by atoms with van der Waals surface area (Å²) in [6, 6.07) is 11.8. The quantitative estimate of drug-likeness (QED) is 0.598. The van der Waals surface area contributed by atoms with Crippen molar-refractivity contribution in [3.05, 3.63) is 46.4 Å². The smallest absolute Gasteiger partial charge is 0.142 e. The first kappa shape index (κ1) is 12.9. The molecule has 2 aromatic rings. The molecule has 4 N–H and O–H groups in total. The molecule has 0 radical (unpaired) electrons. The van der Waals surface area contributed by atoms with Gasteiger partial charge in [-0.1, -0.05) is 28.9 Å². The molecule has 18 heavy (non-hydrogen) atoms. The van der Waals surface area contributed by atoms with Crippen LogP contribution in [0.1, 0.15) is 12.5 Å². The summed E-state index contributed by atoms with van der Waals surface area (Å²) >= 11 is 3.48. The number of rotatable bonds is 4. The fourth-order valence-corrected chi connectivity index (χ4v) is 2.11. The molecule has 1 aromatic heterocycles. The molecule has 1 aromatic carbocycles. The number of hydrogen-bond donors (Lipinski definition) is 3. The van der Waals surface area contributed by atoms with Gasteiger partial charge in [0.25, 0.3) is 0 Å². The van der Waals surface area contributed by atoms with Crippen molar-refractivity contribution in [2.24, 2.45) is 5.84 Å². The molecule has 0 saturated carbocycles. The summed E-state index contributed by atoms with van der Waals surface area (Å²) in [5.41, 5.74) is 4.82. The zero-order valence-corrected chi connectivity index (χ0v) is 11.7. The number of hydrazine groups is 1. The van der Waals surface area contributed by atoms with Crippen molar-refractivity contribution in [1.82, 2.24) is 4.98 Å². The molecular weight excluding hydrogens is 292 g/mol. The zero-order chi connectivity index (χ0) is 13.0. The predicted molar refractivity (Wildman–Crippen MR) is 78.8 cm³/mol. The number of anilines is 3. The van der Waals surface area contributed by atoms with Gasteiger partial charge in [-0.05, 0) is 42.3 Å². The summed E-state index contributed by atoms with van der Waals surface area (Å²) in [6.07, 6.45) is 0.955. The second-order valence-electron chi connectivity index (χ2n) is 3.83. The third-order valence-corrected chi connectivity index (χ3v) is 3.10. The molecule has 0 aliphatic carbocycles. The lowest BCUT2D eigenvalue weighted by Gasteiger charge is -2.11. The second-order valence-corrected chi connectivity index (χ2v) is 4.75. The number of nitrogens with one attached hydrogen (secondary N) is 2. The van der Waals surface area contributed by atoms with Crippen molar-refractivity contribution >= 4 is 33.3 Å². The lowest BCUT2D eigenvalue weighted by molar-refractivity contribution is 1.13. The van der Waals surface area contributed by atoms with E-state index in [2.05, 4.69) is 44.6 Å². The van der Waals surface area contributed by atoms with E-state index < -0.39 is 0 Å². The summed E-state index contributed by atoms with van der Waals surface area (Å²) in [6.45, 7) is 2.12. The molecule has 0 bridgehead atoms. The number of nitrogen functional groups attached to an aromatic ring is 1. The molecule has 0 unspecified atom stereocenters. The van der Waals surface area contributed by atoms with E-state index in [9.17, 15) is 0 Å². The van der Waals surface area contributed by atoms with Crippen LogP contribution in [0.2, 0.25) is 0 Å². The van der Waals surface area contributed by atoms with Gasteiger partial charge in [0.1, 0.15) is 11.6 Å². The van der Waals surface area contributed by atoms with Crippen LogP contribution in [-0.4, -0.2) is 4.98 Å². The molecule has 0 amide bonds. The van der Waals surface area contributed by atoms with Gasteiger partial charge >= 0.3 is 0 Å². The van der Waals surface area contributed by atoms with Crippen LogP contribution in [-0.2, 0) is 6.42 Å². The first-order chi connectivity index (χ1) is 8.72. The topological polar surface area (TPSA) is 63.0 Å². The van der Waals surface area contributed by atoms with Crippen LogP contribution in [0.4, 0.5) is 17.3 Å². The summed E-state index contributed by atoms with van der Waals surface area (Å²) in [4.78, 5) is 4.33. The van der Waals surface area contributed by atoms with Gasteiger partial charge in [-0.2, -0.15) is 0 Å². The van der Waals surface area contributed by atoms with Crippen molar-refractivity contribution in [3.63, 3.8) is 0 Å². The van der Waals surface area contributed by atoms with E-state index >= 15 is 0 Å². The molecule has 0 aliphatic rings. The Morgan fingerprint density at radius 3 is 2.72 bits per heavy atom. The molecule has 1 heterocycles. The highest BCUT2D eigenvalue weighted by molar-refractivity contribution is 9.10. The maximum absolute atomic E-state index is 5.34. The van der Waals surface area contributed by atoms with E-state index in [-0.39, 0.29) is 0 Å². The van der Waals surface area contributed by atoms with Gasteiger partial charge in [-0.25, -0.2) is 10.8 Å². The Morgan fingerprint density at radius 2 is 2.00 bits per heavy atom. The normalized spacial score (nSPS) is 10.2. The fourth-order valence-electron chi connectivity index (χ4n) is 1.70. The second kappa shape index (κ2) is 5.84. The molecule has 5 heteroatoms. The lowest BCUT2D eigenvalue weighted by atomic mass is 10.1. The van der Waals surface area contributed by atoms with Crippen LogP contribution >= 0.6 is 15.9 Å². The van der Waals surface area contributed by atoms with Crippen molar-refractivity contribution in [1.29, 1.82) is 0 Å². The van der Waals surface area contributed by atoms with Crippen molar-refractivity contribution < 1.29 is 0 Å². The van der Waals surface area contributed by atoms with Crippen LogP contribution < -0.4 is 16.6 Å². The Balaban J connectivity index is 2.27. The lowest BCUT2D eigenvalue weighted by Crippen LogP contribution is -2.09. The molecule has 94 valence electrons. The molecular formula is C13H15BrN4. The maximum atomic E-state index is 5.34. The van der Waals surface area contributed by atoms with Crippen LogP contribution in [0.15, 0.2) is 40.9 Å². The van der Waals surface area contributed by atoms with Crippen molar-refractivity contribution in [2.45, 2.75) is 13.3 Å². The Hall–Kier alpha value is -1.59. The summed E-state index contributed by atoms with van der Waals surface area (Å²) in [7, 11) is 0. The van der Waals surface area contributed by atoms with Gasteiger partial charge in [0.05, 0.1) is 0 Å². The Morgan fingerprint density at radius 1 is 1.22 bits per heavy atom. The Bertz CT molecular complexity index is 542. The molecule has 0 saturated heterocycles. The minimum absolute atomic E-state index is 0.634. The molecule has 0 fully saturated rings. The SMILES string of the molecule is CCc1cc(Br)ccc1Nc1cccc(NN)n1. The van der Waals surface area contributed by atoms with Gasteiger partial charge in [0.2, 0.25) is 0 Å². The maximum Gasteiger partial charge on any atom is 0.142 e. The summed E-state index contributed by atoms with van der Waals surface area (Å²) in [5.74, 6) is 6.74. The van der Waals surface area contributed by atoms with Gasteiger partial charge in [0.15, 0.2) is 0 Å². The predicted octanol–water partition coefficient (Wildman–Crippen LogP) is 3.44. The number of nitrogens with two attached hydrogens (primary N) is 1. The summed E-state index contributed by atoms with van der Waals surface area (Å²) in [5, 5.41) is 3.30. The van der Waals surface area contributed by atoms with E-state index in [0.717, 1.165) is 22.4 Å². The first-order valence-electron chi connectivity index (χ1n) is 5.72. The highest BCUT2D eigenvalue weighted by Crippen LogP contribution is 2.24. The number of hydrogen-bond acceptors (Lipinski definition) is 4. The first-order valence-corrected chi connectivity index (χ1v) is 6.51. The monoisotopic (exact) mass is 306 g/mol. The highest BCUT2D eigenvalue weighted by atomic mass is 79.9. The van der Waals surface area contributed by atoms with E-state index in [4.69, 9.17) is 5.84 Å². The Labute approximate surface area is 115 Å². The molecule has 2 rings (SSSR count). The largest absolute Gasteiger partial charge is 0.340 e. The average Bonchev–Trinajstić information content (AvgIpc) is 2.41. The van der Waals surface area contributed by atoms with E-state index in [1.165, 1.54) is 5.56 Å². The number of aromatic nitrogens is 1. The van der Waals surface area contributed by atoms with Gasteiger partial charge < -0.3 is 10.7 Å². The minimum Gasteiger partial charge on any atom is -0.340 e. The van der Waals surface area contributed by atoms with Crippen LogP contribution in [0.3, 0.4) is 0 Å². The standard InChI is InChI=1S/C13H15BrN4/c1-2-9-8-10(14)6-7-11(9)16-12-4-3-5-13(17-12)18-15/h3-8H,2,15H2,1H3,(H2,16,17,18). The van der Waals surface area contributed by atoms with Gasteiger partial charge in [0, 0.05) is 10.2 Å². The van der Waals surface area contributed by atoms with Crippen LogP contribution in [0.25, 0.3) is 0 Å². The number of benzene rings is 1. The van der Waals surface area contributed by atoms with Gasteiger partial charge in [-0.3, -0.25) is 0 Å². The van der Waals surface area contributed by atoms with E-state index in [1.54, 1.807) is 0 Å². The Kier molecular flexibility index (Phi) is 4.17. The molecule has 0 atom stereocenters. The fraction of sp³-hybridized carbons (Fsp3) is 0.154. The highest BCUT2D eigenvalue weighted by Gasteiger charge is 2.03.